The van der Waals surface area contributed by atoms with E-state index < -0.39 is 5.91 Å². The van der Waals surface area contributed by atoms with E-state index in [-0.39, 0.29) is 17.9 Å². The standard InChI is InChI=1S/C8H18N2O2/c1-8(2,3)4-6(5-9)7(11)10-12/h6,12H,4-5,9H2,1-3H3,(H,10,11). The van der Waals surface area contributed by atoms with E-state index in [1.807, 2.05) is 20.8 Å². The van der Waals surface area contributed by atoms with Gasteiger partial charge in [0.2, 0.25) is 5.91 Å². The van der Waals surface area contributed by atoms with Crippen molar-refractivity contribution in [3.63, 3.8) is 0 Å². The van der Waals surface area contributed by atoms with Crippen LogP contribution < -0.4 is 11.2 Å². The zero-order valence-corrected chi connectivity index (χ0v) is 7.92. The molecule has 0 saturated heterocycles. The molecule has 12 heavy (non-hydrogen) atoms. The van der Waals surface area contributed by atoms with Crippen molar-refractivity contribution in [2.24, 2.45) is 17.1 Å². The Morgan fingerprint density at radius 3 is 2.33 bits per heavy atom. The van der Waals surface area contributed by atoms with Crippen LogP contribution in [0.4, 0.5) is 0 Å². The van der Waals surface area contributed by atoms with Gasteiger partial charge in [0.25, 0.3) is 0 Å². The predicted octanol–water partition coefficient (Wildman–Crippen LogP) is 0.503. The van der Waals surface area contributed by atoms with Gasteiger partial charge in [-0.3, -0.25) is 10.0 Å². The fraction of sp³-hybridized carbons (Fsp3) is 0.875. The summed E-state index contributed by atoms with van der Waals surface area (Å²) in [5.74, 6) is -0.692. The van der Waals surface area contributed by atoms with E-state index in [1.54, 1.807) is 5.48 Å². The molecule has 0 fully saturated rings. The fourth-order valence-electron chi connectivity index (χ4n) is 1.11. The summed E-state index contributed by atoms with van der Waals surface area (Å²) < 4.78 is 0. The van der Waals surface area contributed by atoms with Crippen LogP contribution in [0.3, 0.4) is 0 Å². The Morgan fingerprint density at radius 1 is 1.58 bits per heavy atom. The highest BCUT2D eigenvalue weighted by Crippen LogP contribution is 2.23. The lowest BCUT2D eigenvalue weighted by Crippen LogP contribution is -2.35. The van der Waals surface area contributed by atoms with Crippen molar-refractivity contribution < 1.29 is 10.0 Å². The van der Waals surface area contributed by atoms with Crippen LogP contribution in [-0.4, -0.2) is 17.7 Å². The molecule has 0 radical (unpaired) electrons. The predicted molar refractivity (Wildman–Crippen MR) is 46.5 cm³/mol. The highest BCUT2D eigenvalue weighted by atomic mass is 16.5. The van der Waals surface area contributed by atoms with Crippen LogP contribution in [-0.2, 0) is 4.79 Å². The normalized spacial score (nSPS) is 14.1. The molecule has 72 valence electrons. The Hall–Kier alpha value is -0.610. The van der Waals surface area contributed by atoms with Crippen LogP contribution in [0.25, 0.3) is 0 Å². The maximum Gasteiger partial charge on any atom is 0.247 e. The van der Waals surface area contributed by atoms with E-state index in [0.29, 0.717) is 6.42 Å². The maximum atomic E-state index is 11.0. The van der Waals surface area contributed by atoms with E-state index in [9.17, 15) is 4.79 Å². The molecular formula is C8H18N2O2. The lowest BCUT2D eigenvalue weighted by Gasteiger charge is -2.23. The zero-order valence-electron chi connectivity index (χ0n) is 7.92. The molecule has 1 unspecified atom stereocenters. The molecule has 0 aromatic rings. The number of hydrogen-bond acceptors (Lipinski definition) is 3. The van der Waals surface area contributed by atoms with E-state index in [0.717, 1.165) is 0 Å². The van der Waals surface area contributed by atoms with Gasteiger partial charge in [-0.2, -0.15) is 0 Å². The lowest BCUT2D eigenvalue weighted by atomic mass is 9.84. The van der Waals surface area contributed by atoms with Gasteiger partial charge in [-0.15, -0.1) is 0 Å². The van der Waals surface area contributed by atoms with Crippen LogP contribution in [0.1, 0.15) is 27.2 Å². The van der Waals surface area contributed by atoms with Crippen molar-refractivity contribution in [2.75, 3.05) is 6.54 Å². The molecule has 0 saturated carbocycles. The van der Waals surface area contributed by atoms with Crippen molar-refractivity contribution >= 4 is 5.91 Å². The molecule has 0 aromatic carbocycles. The molecule has 1 atom stereocenters. The number of carbonyl (C=O) groups is 1. The van der Waals surface area contributed by atoms with Gasteiger partial charge in [0.15, 0.2) is 0 Å². The number of hydroxylamine groups is 1. The first-order valence-corrected chi connectivity index (χ1v) is 4.04. The van der Waals surface area contributed by atoms with Crippen LogP contribution in [0.15, 0.2) is 0 Å². The number of hydrogen-bond donors (Lipinski definition) is 3. The smallest absolute Gasteiger partial charge is 0.247 e. The SMILES string of the molecule is CC(C)(C)CC(CN)C(=O)NO. The average Bonchev–Trinajstić information content (AvgIpc) is 1.97. The summed E-state index contributed by atoms with van der Waals surface area (Å²) in [6.45, 7) is 6.35. The fourth-order valence-corrected chi connectivity index (χ4v) is 1.11. The number of nitrogens with one attached hydrogen (secondary N) is 1. The minimum Gasteiger partial charge on any atom is -0.330 e. The monoisotopic (exact) mass is 174 g/mol. The molecule has 0 bridgehead atoms. The highest BCUT2D eigenvalue weighted by Gasteiger charge is 2.23. The molecule has 4 nitrogen and oxygen atoms in total. The van der Waals surface area contributed by atoms with Crippen molar-refractivity contribution in [2.45, 2.75) is 27.2 Å². The van der Waals surface area contributed by atoms with E-state index in [2.05, 4.69) is 0 Å². The quantitative estimate of drug-likeness (QED) is 0.431. The van der Waals surface area contributed by atoms with Gasteiger partial charge < -0.3 is 5.73 Å². The topological polar surface area (TPSA) is 75.4 Å². The number of nitrogens with two attached hydrogens (primary N) is 1. The maximum absolute atomic E-state index is 11.0. The summed E-state index contributed by atoms with van der Waals surface area (Å²) in [6, 6.07) is 0. The molecular weight excluding hydrogens is 156 g/mol. The second kappa shape index (κ2) is 4.42. The molecule has 0 aliphatic rings. The van der Waals surface area contributed by atoms with Gasteiger partial charge >= 0.3 is 0 Å². The second-order valence-corrected chi connectivity index (χ2v) is 4.17. The Bertz CT molecular complexity index is 152. The van der Waals surface area contributed by atoms with Gasteiger partial charge in [-0.25, -0.2) is 5.48 Å². The largest absolute Gasteiger partial charge is 0.330 e. The third kappa shape index (κ3) is 4.31. The molecule has 1 amide bonds. The first-order valence-electron chi connectivity index (χ1n) is 4.04. The Kier molecular flexibility index (Phi) is 4.20. The van der Waals surface area contributed by atoms with Crippen LogP contribution in [0.2, 0.25) is 0 Å². The summed E-state index contributed by atoms with van der Waals surface area (Å²) in [6.07, 6.45) is 0.676. The van der Waals surface area contributed by atoms with Crippen molar-refractivity contribution in [3.05, 3.63) is 0 Å². The molecule has 0 aliphatic heterocycles. The van der Waals surface area contributed by atoms with Gasteiger partial charge in [0.05, 0.1) is 5.92 Å². The zero-order chi connectivity index (χ0) is 9.78. The van der Waals surface area contributed by atoms with Crippen LogP contribution >= 0.6 is 0 Å². The van der Waals surface area contributed by atoms with Crippen LogP contribution in [0, 0.1) is 11.3 Å². The van der Waals surface area contributed by atoms with E-state index >= 15 is 0 Å². The Labute approximate surface area is 73.1 Å². The van der Waals surface area contributed by atoms with E-state index in [1.165, 1.54) is 0 Å². The molecule has 0 spiro atoms. The van der Waals surface area contributed by atoms with Gasteiger partial charge in [-0.1, -0.05) is 20.8 Å². The second-order valence-electron chi connectivity index (χ2n) is 4.17. The number of amides is 1. The molecule has 0 aliphatic carbocycles. The first kappa shape index (κ1) is 11.4. The molecule has 0 aromatic heterocycles. The van der Waals surface area contributed by atoms with Crippen molar-refractivity contribution in [3.8, 4) is 0 Å². The summed E-state index contributed by atoms with van der Waals surface area (Å²) in [4.78, 5) is 11.0. The third-order valence-corrected chi connectivity index (χ3v) is 1.62. The minimum atomic E-state index is -0.396. The molecule has 4 heteroatoms. The number of rotatable bonds is 3. The number of carbonyl (C=O) groups excluding carboxylic acids is 1. The van der Waals surface area contributed by atoms with Crippen molar-refractivity contribution in [1.29, 1.82) is 0 Å². The average molecular weight is 174 g/mol. The van der Waals surface area contributed by atoms with E-state index in [4.69, 9.17) is 10.9 Å². The Morgan fingerprint density at radius 2 is 2.08 bits per heavy atom. The molecule has 4 N–H and O–H groups in total. The third-order valence-electron chi connectivity index (χ3n) is 1.62. The first-order chi connectivity index (χ1) is 5.40. The summed E-state index contributed by atoms with van der Waals surface area (Å²) >= 11 is 0. The van der Waals surface area contributed by atoms with Crippen molar-refractivity contribution in [1.82, 2.24) is 5.48 Å². The Balaban J connectivity index is 4.09. The minimum absolute atomic E-state index is 0.0521. The van der Waals surface area contributed by atoms with Gasteiger partial charge in [0, 0.05) is 6.54 Å². The van der Waals surface area contributed by atoms with Gasteiger partial charge in [-0.05, 0) is 11.8 Å². The lowest BCUT2D eigenvalue weighted by molar-refractivity contribution is -0.134. The summed E-state index contributed by atoms with van der Waals surface area (Å²) in [7, 11) is 0. The highest BCUT2D eigenvalue weighted by molar-refractivity contribution is 5.77. The summed E-state index contributed by atoms with van der Waals surface area (Å²) in [5, 5.41) is 8.38. The van der Waals surface area contributed by atoms with Gasteiger partial charge in [0.1, 0.15) is 0 Å². The molecule has 0 rings (SSSR count). The van der Waals surface area contributed by atoms with Crippen LogP contribution in [0.5, 0.6) is 0 Å². The molecule has 0 heterocycles. The summed E-state index contributed by atoms with van der Waals surface area (Å²) in [5.41, 5.74) is 7.06.